The van der Waals surface area contributed by atoms with Crippen LogP contribution in [0.15, 0.2) is 48.5 Å². The van der Waals surface area contributed by atoms with Crippen LogP contribution >= 0.6 is 0 Å². The molecule has 0 aromatic heterocycles. The summed E-state index contributed by atoms with van der Waals surface area (Å²) < 4.78 is 26.4. The molecule has 0 heterocycles. The van der Waals surface area contributed by atoms with Crippen LogP contribution in [0.3, 0.4) is 0 Å². The number of hydrogen-bond acceptors (Lipinski definition) is 4. The molecule has 0 bridgehead atoms. The molecule has 0 aliphatic heterocycles. The maximum Gasteiger partial charge on any atom is 0.244 e. The van der Waals surface area contributed by atoms with Crippen molar-refractivity contribution in [1.82, 2.24) is 10.2 Å². The van der Waals surface area contributed by atoms with Crippen molar-refractivity contribution in [2.24, 2.45) is 0 Å². The third kappa shape index (κ3) is 7.32. The molecular weight excluding hydrogens is 438 g/mol. The van der Waals surface area contributed by atoms with Gasteiger partial charge >= 0.3 is 0 Å². The van der Waals surface area contributed by atoms with Crippen LogP contribution in [0.2, 0.25) is 0 Å². The van der Waals surface area contributed by atoms with Gasteiger partial charge in [0.05, 0.1) is 11.9 Å². The van der Waals surface area contributed by atoms with Gasteiger partial charge in [-0.05, 0) is 51.3 Å². The number of amides is 2. The van der Waals surface area contributed by atoms with Crippen LogP contribution in [0.5, 0.6) is 0 Å². The smallest absolute Gasteiger partial charge is 0.244 e. The highest BCUT2D eigenvalue weighted by Crippen LogP contribution is 2.24. The Morgan fingerprint density at radius 1 is 1.03 bits per heavy atom. The molecule has 0 fully saturated rings. The molecular formula is C25H35N3O4S. The van der Waals surface area contributed by atoms with E-state index in [-0.39, 0.29) is 18.5 Å². The maximum atomic E-state index is 13.5. The van der Waals surface area contributed by atoms with Crippen molar-refractivity contribution in [1.29, 1.82) is 0 Å². The summed E-state index contributed by atoms with van der Waals surface area (Å²) in [5.41, 5.74) is 3.06. The third-order valence-corrected chi connectivity index (χ3v) is 6.79. The number of aryl methyl sites for hydroxylation is 2. The van der Waals surface area contributed by atoms with Crippen molar-refractivity contribution >= 4 is 27.5 Å². The Hall–Kier alpha value is -2.87. The van der Waals surface area contributed by atoms with Gasteiger partial charge in [-0.1, -0.05) is 55.0 Å². The van der Waals surface area contributed by atoms with E-state index in [2.05, 4.69) is 5.32 Å². The number of rotatable bonds is 10. The number of anilines is 1. The van der Waals surface area contributed by atoms with Crippen LogP contribution in [0.25, 0.3) is 0 Å². The lowest BCUT2D eigenvalue weighted by Crippen LogP contribution is -2.52. The summed E-state index contributed by atoms with van der Waals surface area (Å²) in [6.07, 6.45) is 1.85. The minimum absolute atomic E-state index is 0.0312. The van der Waals surface area contributed by atoms with Crippen molar-refractivity contribution in [2.75, 3.05) is 17.1 Å². The molecule has 0 aliphatic rings. The first-order valence-corrected chi connectivity index (χ1v) is 13.0. The molecule has 0 unspecified atom stereocenters. The van der Waals surface area contributed by atoms with Gasteiger partial charge in [0, 0.05) is 12.6 Å². The zero-order valence-corrected chi connectivity index (χ0v) is 21.1. The Balaban J connectivity index is 2.39. The van der Waals surface area contributed by atoms with Crippen molar-refractivity contribution < 1.29 is 18.0 Å². The van der Waals surface area contributed by atoms with E-state index in [0.717, 1.165) is 33.7 Å². The van der Waals surface area contributed by atoms with Crippen LogP contribution in [-0.4, -0.2) is 50.0 Å². The SMILES string of the molecule is CC[C@H](C)NC(=O)[C@H](C)N(Cc1ccccc1)C(=O)CN(c1ccc(C)cc1C)S(C)(=O)=O. The summed E-state index contributed by atoms with van der Waals surface area (Å²) >= 11 is 0. The van der Waals surface area contributed by atoms with E-state index in [1.165, 1.54) is 4.90 Å². The van der Waals surface area contributed by atoms with Gasteiger partial charge in [-0.2, -0.15) is 0 Å². The molecule has 180 valence electrons. The van der Waals surface area contributed by atoms with E-state index in [0.29, 0.717) is 5.69 Å². The van der Waals surface area contributed by atoms with Gasteiger partial charge in [0.1, 0.15) is 12.6 Å². The highest BCUT2D eigenvalue weighted by molar-refractivity contribution is 7.92. The summed E-state index contributed by atoms with van der Waals surface area (Å²) in [7, 11) is -3.74. The molecule has 33 heavy (non-hydrogen) atoms. The van der Waals surface area contributed by atoms with Crippen LogP contribution in [0.4, 0.5) is 5.69 Å². The maximum absolute atomic E-state index is 13.5. The number of sulfonamides is 1. The summed E-state index contributed by atoms with van der Waals surface area (Å²) in [6.45, 7) is 9.08. The molecule has 2 aromatic carbocycles. The molecule has 1 N–H and O–H groups in total. The Labute approximate surface area is 197 Å². The molecule has 2 atom stereocenters. The van der Waals surface area contributed by atoms with E-state index in [9.17, 15) is 18.0 Å². The average Bonchev–Trinajstić information content (AvgIpc) is 2.75. The zero-order chi connectivity index (χ0) is 24.8. The average molecular weight is 474 g/mol. The first kappa shape index (κ1) is 26.4. The van der Waals surface area contributed by atoms with E-state index in [1.807, 2.05) is 70.2 Å². The second-order valence-electron chi connectivity index (χ2n) is 8.56. The first-order valence-electron chi connectivity index (χ1n) is 11.1. The molecule has 2 rings (SSSR count). The normalized spacial score (nSPS) is 13.2. The third-order valence-electron chi connectivity index (χ3n) is 5.66. The molecule has 7 nitrogen and oxygen atoms in total. The molecule has 2 aromatic rings. The lowest BCUT2D eigenvalue weighted by Gasteiger charge is -2.32. The highest BCUT2D eigenvalue weighted by Gasteiger charge is 2.30. The van der Waals surface area contributed by atoms with Gasteiger partial charge in [-0.25, -0.2) is 8.42 Å². The van der Waals surface area contributed by atoms with Crippen molar-refractivity contribution in [3.05, 3.63) is 65.2 Å². The van der Waals surface area contributed by atoms with Gasteiger partial charge < -0.3 is 10.2 Å². The van der Waals surface area contributed by atoms with Gasteiger partial charge in [0.25, 0.3) is 0 Å². The second-order valence-corrected chi connectivity index (χ2v) is 10.5. The molecule has 8 heteroatoms. The van der Waals surface area contributed by atoms with Gasteiger partial charge in [-0.3, -0.25) is 13.9 Å². The number of nitrogens with zero attached hydrogens (tertiary/aromatic N) is 2. The highest BCUT2D eigenvalue weighted by atomic mass is 32.2. The topological polar surface area (TPSA) is 86.8 Å². The Bertz CT molecular complexity index is 1070. The summed E-state index contributed by atoms with van der Waals surface area (Å²) in [4.78, 5) is 27.8. The van der Waals surface area contributed by atoms with E-state index < -0.39 is 28.5 Å². The van der Waals surface area contributed by atoms with Crippen molar-refractivity contribution in [3.63, 3.8) is 0 Å². The first-order chi connectivity index (χ1) is 15.4. The number of carbonyl (C=O) groups excluding carboxylic acids is 2. The van der Waals surface area contributed by atoms with Crippen LogP contribution in [0, 0.1) is 13.8 Å². The van der Waals surface area contributed by atoms with E-state index >= 15 is 0 Å². The standard InChI is InChI=1S/C25H35N3O4S/c1-7-20(4)26-25(30)21(5)27(16-22-11-9-8-10-12-22)24(29)17-28(33(6,31)32)23-14-13-18(2)15-19(23)3/h8-15,20-21H,7,16-17H2,1-6H3,(H,26,30)/t20-,21-/m0/s1. The van der Waals surface area contributed by atoms with Crippen molar-refractivity contribution in [2.45, 2.75) is 59.7 Å². The lowest BCUT2D eigenvalue weighted by molar-refractivity contribution is -0.139. The van der Waals surface area contributed by atoms with Gasteiger partial charge in [0.15, 0.2) is 0 Å². The van der Waals surface area contributed by atoms with E-state index in [1.54, 1.807) is 13.0 Å². The minimum atomic E-state index is -3.74. The van der Waals surface area contributed by atoms with E-state index in [4.69, 9.17) is 0 Å². The fraction of sp³-hybridized carbons (Fsp3) is 0.440. The fourth-order valence-electron chi connectivity index (χ4n) is 3.51. The number of hydrogen-bond donors (Lipinski definition) is 1. The monoisotopic (exact) mass is 473 g/mol. The molecule has 0 saturated carbocycles. The molecule has 0 spiro atoms. The van der Waals surface area contributed by atoms with Gasteiger partial charge in [-0.15, -0.1) is 0 Å². The van der Waals surface area contributed by atoms with Crippen molar-refractivity contribution in [3.8, 4) is 0 Å². The molecule has 0 radical (unpaired) electrons. The predicted molar refractivity (Wildman–Crippen MR) is 132 cm³/mol. The fourth-order valence-corrected chi connectivity index (χ4v) is 4.42. The van der Waals surface area contributed by atoms with Crippen LogP contribution in [0.1, 0.15) is 43.9 Å². The quantitative estimate of drug-likeness (QED) is 0.573. The minimum Gasteiger partial charge on any atom is -0.352 e. The number of carbonyl (C=O) groups is 2. The van der Waals surface area contributed by atoms with Gasteiger partial charge in [0.2, 0.25) is 21.8 Å². The second kappa shape index (κ2) is 11.3. The lowest BCUT2D eigenvalue weighted by atomic mass is 10.1. The number of benzene rings is 2. The Kier molecular flexibility index (Phi) is 9.05. The summed E-state index contributed by atoms with van der Waals surface area (Å²) in [6, 6.07) is 13.9. The molecule has 0 aliphatic carbocycles. The largest absolute Gasteiger partial charge is 0.352 e. The Morgan fingerprint density at radius 3 is 2.21 bits per heavy atom. The van der Waals surface area contributed by atoms with Crippen LogP contribution < -0.4 is 9.62 Å². The van der Waals surface area contributed by atoms with Crippen LogP contribution in [-0.2, 0) is 26.2 Å². The number of nitrogens with one attached hydrogen (secondary N) is 1. The predicted octanol–water partition coefficient (Wildman–Crippen LogP) is 3.40. The summed E-state index contributed by atoms with van der Waals surface area (Å²) in [5.74, 6) is -0.720. The Morgan fingerprint density at radius 2 is 1.67 bits per heavy atom. The summed E-state index contributed by atoms with van der Waals surface area (Å²) in [5, 5.41) is 2.92. The molecule has 0 saturated heterocycles. The molecule has 2 amide bonds. The zero-order valence-electron chi connectivity index (χ0n) is 20.3.